The molecule has 2 aromatic rings. The molecule has 0 saturated carbocycles. The van der Waals surface area contributed by atoms with Crippen molar-refractivity contribution in [2.75, 3.05) is 0 Å². The molecule has 0 aliphatic heterocycles. The quantitative estimate of drug-likeness (QED) is 0.615. The van der Waals surface area contributed by atoms with Gasteiger partial charge in [-0.15, -0.1) is 0 Å². The largest absolute Gasteiger partial charge is 0.271 e. The molecule has 2 nitrogen and oxygen atoms in total. The molecule has 0 aliphatic rings. The lowest BCUT2D eigenvalue weighted by atomic mass is 9.98. The predicted molar refractivity (Wildman–Crippen MR) is 79.2 cm³/mol. The van der Waals surface area contributed by atoms with Crippen molar-refractivity contribution in [2.24, 2.45) is 5.84 Å². The van der Waals surface area contributed by atoms with Gasteiger partial charge in [-0.25, -0.2) is 13.2 Å². The normalized spacial score (nSPS) is 12.5. The minimum atomic E-state index is -0.951. The van der Waals surface area contributed by atoms with Gasteiger partial charge in [-0.1, -0.05) is 33.6 Å². The first kappa shape index (κ1) is 16.3. The summed E-state index contributed by atoms with van der Waals surface area (Å²) < 4.78 is 42.0. The Morgan fingerprint density at radius 1 is 1.14 bits per heavy atom. The van der Waals surface area contributed by atoms with Gasteiger partial charge < -0.3 is 0 Å². The van der Waals surface area contributed by atoms with Crippen molar-refractivity contribution in [3.05, 3.63) is 68.4 Å². The highest BCUT2D eigenvalue weighted by atomic mass is 79.9. The second-order valence-corrected chi connectivity index (χ2v) is 5.73. The van der Waals surface area contributed by atoms with Crippen LogP contribution in [0.2, 0.25) is 5.02 Å². The van der Waals surface area contributed by atoms with E-state index < -0.39 is 23.5 Å². The Bertz CT molecular complexity index is 623. The van der Waals surface area contributed by atoms with Crippen LogP contribution < -0.4 is 11.3 Å². The molecule has 0 fully saturated rings. The molecular weight excluding hydrogens is 369 g/mol. The maximum Gasteiger partial charge on any atom is 0.132 e. The van der Waals surface area contributed by atoms with Crippen LogP contribution in [-0.4, -0.2) is 0 Å². The van der Waals surface area contributed by atoms with Crippen LogP contribution >= 0.6 is 27.5 Å². The van der Waals surface area contributed by atoms with Crippen LogP contribution in [0.25, 0.3) is 0 Å². The molecule has 0 bridgehead atoms. The van der Waals surface area contributed by atoms with Crippen molar-refractivity contribution in [2.45, 2.75) is 12.5 Å². The van der Waals surface area contributed by atoms with E-state index in [1.54, 1.807) is 0 Å². The summed E-state index contributed by atoms with van der Waals surface area (Å²) in [5, 5.41) is 0.174. The molecule has 0 aromatic heterocycles. The van der Waals surface area contributed by atoms with E-state index in [2.05, 4.69) is 21.4 Å². The second-order valence-electron chi connectivity index (χ2n) is 4.41. The summed E-state index contributed by atoms with van der Waals surface area (Å²) >= 11 is 8.91. The number of halogens is 5. The Morgan fingerprint density at radius 3 is 2.29 bits per heavy atom. The summed E-state index contributed by atoms with van der Waals surface area (Å²) in [6.45, 7) is 0. The molecule has 3 N–H and O–H groups in total. The lowest BCUT2D eigenvalue weighted by Gasteiger charge is -2.19. The molecule has 0 aliphatic carbocycles. The lowest BCUT2D eigenvalue weighted by Crippen LogP contribution is -2.31. The zero-order valence-electron chi connectivity index (χ0n) is 10.6. The van der Waals surface area contributed by atoms with E-state index in [-0.39, 0.29) is 27.0 Å². The van der Waals surface area contributed by atoms with Crippen LogP contribution in [0.5, 0.6) is 0 Å². The first-order valence-electron chi connectivity index (χ1n) is 5.97. The van der Waals surface area contributed by atoms with Gasteiger partial charge in [0.25, 0.3) is 0 Å². The van der Waals surface area contributed by atoms with E-state index in [1.165, 1.54) is 18.2 Å². The van der Waals surface area contributed by atoms with Crippen molar-refractivity contribution < 1.29 is 13.2 Å². The lowest BCUT2D eigenvalue weighted by molar-refractivity contribution is 0.465. The molecule has 2 rings (SSSR count). The Labute approximate surface area is 133 Å². The first-order valence-corrected chi connectivity index (χ1v) is 7.14. The molecule has 0 spiro atoms. The van der Waals surface area contributed by atoms with E-state index in [0.29, 0.717) is 0 Å². The molecule has 0 amide bonds. The Hall–Kier alpha value is -1.08. The third-order valence-electron chi connectivity index (χ3n) is 3.06. The van der Waals surface area contributed by atoms with Crippen LogP contribution in [0.1, 0.15) is 17.2 Å². The summed E-state index contributed by atoms with van der Waals surface area (Å²) in [5.41, 5.74) is 2.18. The zero-order valence-corrected chi connectivity index (χ0v) is 13.0. The van der Waals surface area contributed by atoms with Crippen LogP contribution in [-0.2, 0) is 6.42 Å². The van der Waals surface area contributed by atoms with Crippen LogP contribution in [0.4, 0.5) is 13.2 Å². The Balaban J connectivity index is 2.42. The van der Waals surface area contributed by atoms with Crippen molar-refractivity contribution in [1.29, 1.82) is 0 Å². The molecule has 1 unspecified atom stereocenters. The van der Waals surface area contributed by atoms with Crippen LogP contribution in [0, 0.1) is 17.5 Å². The molecule has 112 valence electrons. The second kappa shape index (κ2) is 6.79. The molecule has 0 saturated heterocycles. The highest BCUT2D eigenvalue weighted by Crippen LogP contribution is 2.29. The summed E-state index contributed by atoms with van der Waals surface area (Å²) in [4.78, 5) is 0. The Morgan fingerprint density at radius 2 is 1.76 bits per heavy atom. The highest BCUT2D eigenvalue weighted by Gasteiger charge is 2.22. The predicted octanol–water partition coefficient (Wildman–Crippen LogP) is 4.27. The van der Waals surface area contributed by atoms with Crippen molar-refractivity contribution >= 4 is 27.5 Å². The van der Waals surface area contributed by atoms with E-state index >= 15 is 0 Å². The van der Waals surface area contributed by atoms with E-state index in [4.69, 9.17) is 17.4 Å². The molecular formula is C14H11BrClF3N2. The molecule has 2 aromatic carbocycles. The average molecular weight is 380 g/mol. The van der Waals surface area contributed by atoms with Crippen LogP contribution in [0.3, 0.4) is 0 Å². The number of hydrazine groups is 1. The summed E-state index contributed by atoms with van der Waals surface area (Å²) in [7, 11) is 0. The van der Waals surface area contributed by atoms with Gasteiger partial charge in [0.15, 0.2) is 0 Å². The number of rotatable bonds is 4. The third kappa shape index (κ3) is 3.58. The van der Waals surface area contributed by atoms with E-state index in [9.17, 15) is 13.2 Å². The van der Waals surface area contributed by atoms with Gasteiger partial charge >= 0.3 is 0 Å². The van der Waals surface area contributed by atoms with Gasteiger partial charge in [0.1, 0.15) is 17.5 Å². The highest BCUT2D eigenvalue weighted by molar-refractivity contribution is 9.10. The number of nitrogens with one attached hydrogen (secondary N) is 1. The number of hydrogen-bond acceptors (Lipinski definition) is 2. The minimum absolute atomic E-state index is 0.0858. The molecule has 7 heteroatoms. The van der Waals surface area contributed by atoms with Gasteiger partial charge in [0.05, 0.1) is 6.04 Å². The zero-order chi connectivity index (χ0) is 15.6. The Kier molecular flexibility index (Phi) is 5.27. The summed E-state index contributed by atoms with van der Waals surface area (Å²) in [5.74, 6) is 3.25. The molecule has 1 atom stereocenters. The first-order chi connectivity index (χ1) is 9.93. The standard InChI is InChI=1S/C14H11BrClF3N2/c15-7-4-11(18)14(12(19)5-7)13(21-20)6-8-9(16)2-1-3-10(8)17/h1-5,13,21H,6,20H2. The summed E-state index contributed by atoms with van der Waals surface area (Å²) in [6.07, 6.45) is -0.0858. The maximum atomic E-state index is 14.0. The minimum Gasteiger partial charge on any atom is -0.271 e. The number of hydrogen-bond donors (Lipinski definition) is 2. The summed E-state index contributed by atoms with van der Waals surface area (Å²) in [6, 6.07) is 5.46. The van der Waals surface area contributed by atoms with Gasteiger partial charge in [-0.05, 0) is 30.7 Å². The van der Waals surface area contributed by atoms with Crippen molar-refractivity contribution in [3.63, 3.8) is 0 Å². The van der Waals surface area contributed by atoms with E-state index in [1.807, 2.05) is 0 Å². The topological polar surface area (TPSA) is 38.0 Å². The SMILES string of the molecule is NNC(Cc1c(F)cccc1Cl)c1c(F)cc(Br)cc1F. The van der Waals surface area contributed by atoms with Gasteiger partial charge in [-0.2, -0.15) is 0 Å². The molecule has 0 heterocycles. The van der Waals surface area contributed by atoms with Gasteiger partial charge in [0.2, 0.25) is 0 Å². The fraction of sp³-hybridized carbons (Fsp3) is 0.143. The van der Waals surface area contributed by atoms with Gasteiger partial charge in [0, 0.05) is 20.6 Å². The fourth-order valence-electron chi connectivity index (χ4n) is 2.06. The molecule has 21 heavy (non-hydrogen) atoms. The maximum absolute atomic E-state index is 14.0. The van der Waals surface area contributed by atoms with E-state index in [0.717, 1.165) is 12.1 Å². The number of nitrogens with two attached hydrogens (primary N) is 1. The smallest absolute Gasteiger partial charge is 0.132 e. The third-order valence-corrected chi connectivity index (χ3v) is 3.88. The molecule has 0 radical (unpaired) electrons. The van der Waals surface area contributed by atoms with Crippen molar-refractivity contribution in [3.8, 4) is 0 Å². The van der Waals surface area contributed by atoms with Crippen molar-refractivity contribution in [1.82, 2.24) is 5.43 Å². The monoisotopic (exact) mass is 378 g/mol. The average Bonchev–Trinajstić information content (AvgIpc) is 2.39. The van der Waals surface area contributed by atoms with Gasteiger partial charge in [-0.3, -0.25) is 11.3 Å². The number of benzene rings is 2. The fourth-order valence-corrected chi connectivity index (χ4v) is 2.70. The van der Waals surface area contributed by atoms with Crippen LogP contribution in [0.15, 0.2) is 34.8 Å².